The van der Waals surface area contributed by atoms with Gasteiger partial charge in [-0.25, -0.2) is 14.3 Å². The number of aliphatic carboxylic acids is 1. The summed E-state index contributed by atoms with van der Waals surface area (Å²) in [7, 11) is 3.24. The van der Waals surface area contributed by atoms with Crippen LogP contribution >= 0.6 is 34.9 Å². The monoisotopic (exact) mass is 560 g/mol. The van der Waals surface area contributed by atoms with E-state index < -0.39 is 29.2 Å². The summed E-state index contributed by atoms with van der Waals surface area (Å²) in [6.45, 7) is 0. The molecule has 2 atom stereocenters. The number of carboxylic acid groups (broad SMARTS) is 1. The van der Waals surface area contributed by atoms with Crippen molar-refractivity contribution in [2.24, 2.45) is 12.2 Å². The second-order valence-corrected chi connectivity index (χ2v) is 11.1. The molecule has 0 aliphatic carbocycles. The number of nitrogens with one attached hydrogen (secondary N) is 1. The predicted molar refractivity (Wildman–Crippen MR) is 139 cm³/mol. The molecule has 15 heteroatoms. The summed E-state index contributed by atoms with van der Waals surface area (Å²) < 4.78 is 4.02. The molecule has 5 rings (SSSR count). The fourth-order valence-corrected chi connectivity index (χ4v) is 7.20. The lowest BCUT2D eigenvalue weighted by Crippen LogP contribution is -2.71. The highest BCUT2D eigenvalue weighted by molar-refractivity contribution is 8.01. The molecule has 5 heterocycles. The molecule has 2 aliphatic rings. The average Bonchev–Trinajstić information content (AvgIpc) is 3.49. The van der Waals surface area contributed by atoms with Crippen LogP contribution in [0.3, 0.4) is 0 Å². The van der Waals surface area contributed by atoms with E-state index in [1.807, 2.05) is 46.6 Å². The van der Waals surface area contributed by atoms with Gasteiger partial charge in [0.15, 0.2) is 15.9 Å². The number of thioether (sulfide) groups is 2. The number of pyridine rings is 1. The minimum atomic E-state index is -1.18. The van der Waals surface area contributed by atoms with E-state index in [0.29, 0.717) is 17.1 Å². The summed E-state index contributed by atoms with van der Waals surface area (Å²) in [6.07, 6.45) is 3.89. The van der Waals surface area contributed by atoms with Gasteiger partial charge in [0.25, 0.3) is 17.5 Å². The molecule has 2 amide bonds. The van der Waals surface area contributed by atoms with E-state index in [9.17, 15) is 19.5 Å². The van der Waals surface area contributed by atoms with E-state index in [1.165, 1.54) is 35.5 Å². The average molecular weight is 561 g/mol. The molecule has 0 unspecified atom stereocenters. The number of β-lactam (4-membered cyclic amide) rings is 1. The van der Waals surface area contributed by atoms with Crippen molar-refractivity contribution < 1.29 is 28.9 Å². The van der Waals surface area contributed by atoms with Crippen LogP contribution in [0.25, 0.3) is 5.65 Å². The van der Waals surface area contributed by atoms with Crippen molar-refractivity contribution in [3.8, 4) is 0 Å². The number of aromatic nitrogens is 3. The van der Waals surface area contributed by atoms with Crippen LogP contribution < -0.4 is 15.6 Å². The number of fused-ring (bicyclic) bond motifs is 2. The minimum absolute atomic E-state index is 0.0324. The van der Waals surface area contributed by atoms with E-state index in [0.717, 1.165) is 22.0 Å². The number of carbonyl (C=O) groups excluding carboxylic acids is 2. The summed E-state index contributed by atoms with van der Waals surface area (Å²) in [5.41, 5.74) is 7.37. The minimum Gasteiger partial charge on any atom is -0.477 e. The van der Waals surface area contributed by atoms with Crippen LogP contribution in [-0.4, -0.2) is 72.9 Å². The molecule has 0 bridgehead atoms. The number of amides is 2. The van der Waals surface area contributed by atoms with Crippen LogP contribution in [0, 0.1) is 0 Å². The van der Waals surface area contributed by atoms with Crippen molar-refractivity contribution in [1.82, 2.24) is 19.6 Å². The number of nitrogens with zero attached hydrogens (tertiary/aromatic N) is 5. The van der Waals surface area contributed by atoms with Gasteiger partial charge in [0.1, 0.15) is 42.3 Å². The van der Waals surface area contributed by atoms with Crippen LogP contribution in [0.1, 0.15) is 5.69 Å². The Hall–Kier alpha value is -3.56. The zero-order valence-corrected chi connectivity index (χ0v) is 22.1. The zero-order valence-electron chi connectivity index (χ0n) is 19.7. The van der Waals surface area contributed by atoms with Crippen molar-refractivity contribution >= 4 is 69.1 Å². The number of nitrogen functional groups attached to an aromatic ring is 1. The van der Waals surface area contributed by atoms with Gasteiger partial charge in [-0.05, 0) is 17.7 Å². The number of anilines is 1. The molecule has 3 aromatic rings. The van der Waals surface area contributed by atoms with Crippen LogP contribution in [0.2, 0.25) is 0 Å². The first-order valence-electron chi connectivity index (χ1n) is 10.9. The lowest BCUT2D eigenvalue weighted by atomic mass is 10.0. The van der Waals surface area contributed by atoms with Gasteiger partial charge in [-0.15, -0.1) is 23.1 Å². The van der Waals surface area contributed by atoms with Gasteiger partial charge in [-0.1, -0.05) is 16.9 Å². The fourth-order valence-electron chi connectivity index (χ4n) is 4.15. The van der Waals surface area contributed by atoms with Gasteiger partial charge in [-0.2, -0.15) is 4.40 Å². The van der Waals surface area contributed by atoms with Crippen LogP contribution in [0.4, 0.5) is 5.13 Å². The van der Waals surface area contributed by atoms with Gasteiger partial charge in [-0.3, -0.25) is 14.5 Å². The van der Waals surface area contributed by atoms with Crippen molar-refractivity contribution in [2.75, 3.05) is 24.3 Å². The molecular formula is C22H22N7O5S3+. The molecule has 192 valence electrons. The third-order valence-corrected chi connectivity index (χ3v) is 9.00. The first-order valence-corrected chi connectivity index (χ1v) is 13.8. The first-order chi connectivity index (χ1) is 17.8. The summed E-state index contributed by atoms with van der Waals surface area (Å²) in [5, 5.41) is 18.6. The van der Waals surface area contributed by atoms with Gasteiger partial charge < -0.3 is 21.0 Å². The van der Waals surface area contributed by atoms with E-state index in [1.54, 1.807) is 5.38 Å². The van der Waals surface area contributed by atoms with Crippen LogP contribution in [-0.2, 0) is 26.3 Å². The Labute approximate surface area is 223 Å². The predicted octanol–water partition coefficient (Wildman–Crippen LogP) is 0.684. The Morgan fingerprint density at radius 3 is 2.95 bits per heavy atom. The Kier molecular flexibility index (Phi) is 6.83. The Bertz CT molecular complexity index is 1480. The van der Waals surface area contributed by atoms with E-state index in [4.69, 9.17) is 10.6 Å². The maximum atomic E-state index is 13.0. The van der Waals surface area contributed by atoms with Gasteiger partial charge in [0, 0.05) is 23.0 Å². The third-order valence-electron chi connectivity index (χ3n) is 5.86. The number of oxime groups is 1. The van der Waals surface area contributed by atoms with Crippen LogP contribution in [0.15, 0.2) is 57.4 Å². The van der Waals surface area contributed by atoms with Gasteiger partial charge in [0.05, 0.1) is 7.05 Å². The number of imidazole rings is 1. The maximum absolute atomic E-state index is 13.0. The summed E-state index contributed by atoms with van der Waals surface area (Å²) in [4.78, 5) is 48.2. The highest BCUT2D eigenvalue weighted by Gasteiger charge is 2.54. The highest BCUT2D eigenvalue weighted by atomic mass is 32.2. The van der Waals surface area contributed by atoms with Gasteiger partial charge >= 0.3 is 5.97 Å². The molecule has 37 heavy (non-hydrogen) atoms. The van der Waals surface area contributed by atoms with E-state index >= 15 is 0 Å². The molecule has 1 fully saturated rings. The Morgan fingerprint density at radius 2 is 2.24 bits per heavy atom. The molecule has 0 aromatic carbocycles. The lowest BCUT2D eigenvalue weighted by Gasteiger charge is -2.49. The molecular weight excluding hydrogens is 538 g/mol. The normalized spacial score (nSPS) is 19.6. The number of hydrogen-bond acceptors (Lipinski definition) is 10. The number of carbonyl (C=O) groups is 3. The second kappa shape index (κ2) is 10.1. The second-order valence-electron chi connectivity index (χ2n) is 8.10. The van der Waals surface area contributed by atoms with Gasteiger partial charge in [0.2, 0.25) is 0 Å². The molecule has 3 aromatic heterocycles. The molecule has 0 spiro atoms. The summed E-state index contributed by atoms with van der Waals surface area (Å²) >= 11 is 4.04. The topological polar surface area (TPSA) is 156 Å². The molecule has 0 radical (unpaired) electrons. The van der Waals surface area contributed by atoms with Crippen LogP contribution in [0.5, 0.6) is 0 Å². The quantitative estimate of drug-likeness (QED) is 0.119. The third kappa shape index (κ3) is 4.53. The SMILES string of the molecule is CO/N=C(\C(=O)N[C@@H]1C(=O)N2C(C(=O)O)=C(CSc3cccc4n3cc[n+]4C)CS[C@H]12)c1csc(N)n1. The van der Waals surface area contributed by atoms with Crippen molar-refractivity contribution in [3.05, 3.63) is 52.9 Å². The van der Waals surface area contributed by atoms with E-state index in [2.05, 4.69) is 15.5 Å². The lowest BCUT2D eigenvalue weighted by molar-refractivity contribution is -0.644. The zero-order chi connectivity index (χ0) is 26.3. The number of aryl methyl sites for hydroxylation is 1. The number of hydrogen-bond donors (Lipinski definition) is 3. The molecule has 0 saturated carbocycles. The van der Waals surface area contributed by atoms with Crippen molar-refractivity contribution in [3.63, 3.8) is 0 Å². The summed E-state index contributed by atoms with van der Waals surface area (Å²) in [5.74, 6) is -1.53. The maximum Gasteiger partial charge on any atom is 0.352 e. The number of thiazole rings is 1. The largest absolute Gasteiger partial charge is 0.477 e. The highest BCUT2D eigenvalue weighted by Crippen LogP contribution is 2.41. The van der Waals surface area contributed by atoms with E-state index in [-0.39, 0.29) is 22.2 Å². The standard InChI is InChI=1S/C22H21N7O5S3/c1-27-6-7-28-13(27)4-3-5-14(28)35-8-11-9-36-20-16(19(31)29(20)17(11)21(32)33)25-18(30)15(26-34-2)12-10-37-22(23)24-12/h3-7,10,16,20H,8-9H2,1-2H3,(H3-,23,24,25,30,32,33)/p+1/b26-15-/t16-,20-/m1/s1. The van der Waals surface area contributed by atoms with Crippen molar-refractivity contribution in [2.45, 2.75) is 16.4 Å². The smallest absolute Gasteiger partial charge is 0.352 e. The molecule has 1 saturated heterocycles. The molecule has 2 aliphatic heterocycles. The molecule has 12 nitrogen and oxygen atoms in total. The number of carboxylic acids is 1. The van der Waals surface area contributed by atoms with Crippen molar-refractivity contribution in [1.29, 1.82) is 0 Å². The Balaban J connectivity index is 1.33. The fraction of sp³-hybridized carbons (Fsp3) is 0.273. The Morgan fingerprint density at radius 1 is 1.43 bits per heavy atom. The first kappa shape index (κ1) is 25.1. The number of rotatable bonds is 8. The number of nitrogens with two attached hydrogens (primary N) is 1. The summed E-state index contributed by atoms with van der Waals surface area (Å²) in [6, 6.07) is 5.00. The molecule has 4 N–H and O–H groups in total.